The normalized spacial score (nSPS) is 12.8. The number of aryl methyl sites for hydroxylation is 1. The van der Waals surface area contributed by atoms with E-state index < -0.39 is 0 Å². The van der Waals surface area contributed by atoms with Crippen molar-refractivity contribution in [3.8, 4) is 28.6 Å². The number of hydrogen-bond donors (Lipinski definition) is 0. The molecule has 1 aliphatic rings. The Morgan fingerprint density at radius 1 is 0.596 bits per heavy atom. The Morgan fingerprint density at radius 3 is 2.13 bits per heavy atom. The number of aromatic nitrogens is 2. The van der Waals surface area contributed by atoms with Gasteiger partial charge in [-0.05, 0) is 78.6 Å². The van der Waals surface area contributed by atoms with Crippen LogP contribution in [0.25, 0.3) is 83.2 Å². The summed E-state index contributed by atoms with van der Waals surface area (Å²) in [4.78, 5) is 0. The first-order valence-corrected chi connectivity index (χ1v) is 16.1. The molecule has 0 radical (unpaired) electrons. The van der Waals surface area contributed by atoms with E-state index in [1.807, 2.05) is 12.1 Å². The predicted molar refractivity (Wildman–Crippen MR) is 192 cm³/mol. The highest BCUT2D eigenvalue weighted by atomic mass is 16.3. The average Bonchev–Trinajstić information content (AvgIpc) is 3.79. The van der Waals surface area contributed by atoms with Gasteiger partial charge < -0.3 is 13.6 Å². The molecule has 6 aromatic carbocycles. The maximum atomic E-state index is 10.6. The van der Waals surface area contributed by atoms with Crippen LogP contribution in [0.4, 0.5) is 0 Å². The lowest BCUT2D eigenvalue weighted by atomic mass is 9.97. The molecule has 220 valence electrons. The van der Waals surface area contributed by atoms with Crippen molar-refractivity contribution >= 4 is 60.7 Å². The van der Waals surface area contributed by atoms with Gasteiger partial charge in [-0.1, -0.05) is 84.9 Å². The highest BCUT2D eigenvalue weighted by Crippen LogP contribution is 2.43. The van der Waals surface area contributed by atoms with Crippen LogP contribution < -0.4 is 0 Å². The van der Waals surface area contributed by atoms with Crippen LogP contribution in [0.2, 0.25) is 0 Å². The molecule has 3 aromatic heterocycles. The van der Waals surface area contributed by atoms with Crippen molar-refractivity contribution in [2.24, 2.45) is 0 Å². The highest BCUT2D eigenvalue weighted by molar-refractivity contribution is 6.20. The number of para-hydroxylation sites is 4. The van der Waals surface area contributed by atoms with Crippen molar-refractivity contribution < 1.29 is 4.42 Å². The maximum absolute atomic E-state index is 10.6. The van der Waals surface area contributed by atoms with E-state index in [0.29, 0.717) is 5.56 Å². The lowest BCUT2D eigenvalue weighted by molar-refractivity contribution is 0.669. The van der Waals surface area contributed by atoms with Crippen LogP contribution in [0, 0.1) is 11.3 Å². The molecule has 9 aromatic rings. The minimum atomic E-state index is 0.634. The topological polar surface area (TPSA) is 46.8 Å². The van der Waals surface area contributed by atoms with Gasteiger partial charge in [0.2, 0.25) is 0 Å². The van der Waals surface area contributed by atoms with Crippen LogP contribution in [-0.4, -0.2) is 9.13 Å². The smallest absolute Gasteiger partial charge is 0.136 e. The molecule has 0 saturated heterocycles. The number of furan rings is 1. The summed E-state index contributed by atoms with van der Waals surface area (Å²) >= 11 is 0. The fraction of sp³-hybridized carbons (Fsp3) is 0.0465. The molecule has 10 rings (SSSR count). The summed E-state index contributed by atoms with van der Waals surface area (Å²) in [5.74, 6) is 0. The molecule has 0 N–H and O–H groups in total. The van der Waals surface area contributed by atoms with Crippen LogP contribution in [0.5, 0.6) is 0 Å². The Morgan fingerprint density at radius 2 is 1.32 bits per heavy atom. The minimum Gasteiger partial charge on any atom is -0.456 e. The van der Waals surface area contributed by atoms with E-state index in [9.17, 15) is 5.26 Å². The lowest BCUT2D eigenvalue weighted by Gasteiger charge is -2.17. The number of fused-ring (bicyclic) bond motifs is 10. The maximum Gasteiger partial charge on any atom is 0.136 e. The standard InChI is InChI=1S/C43H27N3O/c44-26-28-25-27(21-22-34(28)45-36-17-7-2-12-30(36)31-13-3-8-18-37(31)45)29-11-1-6-16-35(29)46-38-19-9-4-14-32(38)42-39(46)23-24-41-43(42)33-15-5-10-20-40(33)47-41/h1-3,5-13,15-25H,4,14H2. The van der Waals surface area contributed by atoms with Gasteiger partial charge in [-0.15, -0.1) is 0 Å². The van der Waals surface area contributed by atoms with Crippen molar-refractivity contribution in [3.63, 3.8) is 0 Å². The zero-order valence-electron chi connectivity index (χ0n) is 25.4. The largest absolute Gasteiger partial charge is 0.456 e. The predicted octanol–water partition coefficient (Wildman–Crippen LogP) is 11.1. The third kappa shape index (κ3) is 3.63. The average molecular weight is 602 g/mol. The van der Waals surface area contributed by atoms with Crippen molar-refractivity contribution in [3.05, 3.63) is 150 Å². The summed E-state index contributed by atoms with van der Waals surface area (Å²) in [6.45, 7) is 0. The second kappa shape index (κ2) is 9.84. The molecule has 3 heterocycles. The van der Waals surface area contributed by atoms with Gasteiger partial charge >= 0.3 is 0 Å². The van der Waals surface area contributed by atoms with E-state index in [4.69, 9.17) is 4.42 Å². The van der Waals surface area contributed by atoms with E-state index in [0.717, 1.165) is 68.4 Å². The highest BCUT2D eigenvalue weighted by Gasteiger charge is 2.24. The van der Waals surface area contributed by atoms with Gasteiger partial charge in [0.25, 0.3) is 0 Å². The van der Waals surface area contributed by atoms with Crippen LogP contribution >= 0.6 is 0 Å². The van der Waals surface area contributed by atoms with E-state index in [-0.39, 0.29) is 0 Å². The quantitative estimate of drug-likeness (QED) is 0.202. The molecule has 0 fully saturated rings. The number of benzene rings is 6. The van der Waals surface area contributed by atoms with Gasteiger partial charge in [0.05, 0.1) is 33.5 Å². The third-order valence-electron chi connectivity index (χ3n) is 9.84. The Balaban J connectivity index is 1.22. The third-order valence-corrected chi connectivity index (χ3v) is 9.84. The van der Waals surface area contributed by atoms with Crippen LogP contribution in [-0.2, 0) is 6.42 Å². The first-order chi connectivity index (χ1) is 23.3. The van der Waals surface area contributed by atoms with Crippen molar-refractivity contribution in [2.45, 2.75) is 12.8 Å². The van der Waals surface area contributed by atoms with Crippen LogP contribution in [0.1, 0.15) is 23.2 Å². The first-order valence-electron chi connectivity index (χ1n) is 16.1. The summed E-state index contributed by atoms with van der Waals surface area (Å²) in [5, 5.41) is 16.5. The number of hydrogen-bond acceptors (Lipinski definition) is 2. The second-order valence-electron chi connectivity index (χ2n) is 12.3. The van der Waals surface area contributed by atoms with Crippen LogP contribution in [0.3, 0.4) is 0 Å². The Kier molecular flexibility index (Phi) is 5.44. The van der Waals surface area contributed by atoms with Gasteiger partial charge in [0.15, 0.2) is 0 Å². The molecule has 4 heteroatoms. The molecule has 4 nitrogen and oxygen atoms in total. The first kappa shape index (κ1) is 26.0. The summed E-state index contributed by atoms with van der Waals surface area (Å²) in [6.07, 6.45) is 6.53. The number of nitriles is 1. The second-order valence-corrected chi connectivity index (χ2v) is 12.3. The van der Waals surface area contributed by atoms with Gasteiger partial charge in [0.1, 0.15) is 17.2 Å². The number of allylic oxidation sites excluding steroid dienone is 1. The van der Waals surface area contributed by atoms with E-state index in [2.05, 4.69) is 143 Å². The Labute approximate surface area is 270 Å². The molecular weight excluding hydrogens is 574 g/mol. The van der Waals surface area contributed by atoms with Crippen molar-refractivity contribution in [1.82, 2.24) is 9.13 Å². The van der Waals surface area contributed by atoms with E-state index in [1.54, 1.807) is 0 Å². The molecule has 47 heavy (non-hydrogen) atoms. The Bertz CT molecular complexity index is 2760. The van der Waals surface area contributed by atoms with Crippen molar-refractivity contribution in [1.29, 1.82) is 5.26 Å². The molecule has 0 unspecified atom stereocenters. The molecule has 0 bridgehead atoms. The van der Waals surface area contributed by atoms with Gasteiger partial charge in [0, 0.05) is 38.2 Å². The molecule has 0 spiro atoms. The zero-order chi connectivity index (χ0) is 31.1. The van der Waals surface area contributed by atoms with Gasteiger partial charge in [-0.3, -0.25) is 0 Å². The summed E-state index contributed by atoms with van der Waals surface area (Å²) < 4.78 is 10.9. The number of rotatable bonds is 3. The van der Waals surface area contributed by atoms with Crippen molar-refractivity contribution in [2.75, 3.05) is 0 Å². The monoisotopic (exact) mass is 601 g/mol. The molecule has 0 atom stereocenters. The fourth-order valence-electron chi connectivity index (χ4n) is 7.88. The van der Waals surface area contributed by atoms with Gasteiger partial charge in [-0.2, -0.15) is 5.26 Å². The van der Waals surface area contributed by atoms with E-state index >= 15 is 0 Å². The molecule has 0 saturated carbocycles. The van der Waals surface area contributed by atoms with Gasteiger partial charge in [-0.25, -0.2) is 0 Å². The zero-order valence-corrected chi connectivity index (χ0v) is 25.4. The minimum absolute atomic E-state index is 0.634. The molecule has 0 amide bonds. The van der Waals surface area contributed by atoms with E-state index in [1.165, 1.54) is 32.8 Å². The number of nitrogens with zero attached hydrogens (tertiary/aromatic N) is 3. The lowest BCUT2D eigenvalue weighted by Crippen LogP contribution is -2.03. The van der Waals surface area contributed by atoms with Crippen LogP contribution in [0.15, 0.2) is 138 Å². The molecular formula is C43H27N3O. The Hall–Kier alpha value is -6.31. The summed E-state index contributed by atoms with van der Waals surface area (Å²) in [6, 6.07) is 46.9. The molecule has 0 aliphatic heterocycles. The summed E-state index contributed by atoms with van der Waals surface area (Å²) in [7, 11) is 0. The summed E-state index contributed by atoms with van der Waals surface area (Å²) in [5.41, 5.74) is 12.4. The fourth-order valence-corrected chi connectivity index (χ4v) is 7.88. The molecule has 1 aliphatic carbocycles. The SMILES string of the molecule is N#Cc1cc(-c2ccccc2-n2c3c(c4c5c(ccc42)oc2ccccc25)CCC=C3)ccc1-n1c2ccccc2c2ccccc21.